The zero-order valence-corrected chi connectivity index (χ0v) is 19.3. The van der Waals surface area contributed by atoms with Gasteiger partial charge in [-0.25, -0.2) is 9.38 Å². The number of hydrogen-bond acceptors (Lipinski definition) is 3. The van der Waals surface area contributed by atoms with Crippen LogP contribution < -0.4 is 10.6 Å². The second-order valence-electron chi connectivity index (χ2n) is 7.39. The van der Waals surface area contributed by atoms with Crippen molar-refractivity contribution in [3.05, 3.63) is 46.8 Å². The van der Waals surface area contributed by atoms with Gasteiger partial charge < -0.3 is 15.2 Å². The van der Waals surface area contributed by atoms with Crippen molar-refractivity contribution in [1.29, 1.82) is 0 Å². The van der Waals surface area contributed by atoms with E-state index in [9.17, 15) is 4.39 Å². The van der Waals surface area contributed by atoms with Crippen molar-refractivity contribution in [3.8, 4) is 0 Å². The summed E-state index contributed by atoms with van der Waals surface area (Å²) in [4.78, 5) is 4.71. The summed E-state index contributed by atoms with van der Waals surface area (Å²) in [5.41, 5.74) is 1.55. The van der Waals surface area contributed by atoms with Crippen molar-refractivity contribution < 1.29 is 4.39 Å². The molecule has 2 aromatic rings. The van der Waals surface area contributed by atoms with E-state index in [0.29, 0.717) is 18.2 Å². The van der Waals surface area contributed by atoms with Gasteiger partial charge in [0.05, 0.1) is 6.04 Å². The summed E-state index contributed by atoms with van der Waals surface area (Å²) >= 11 is 0. The summed E-state index contributed by atoms with van der Waals surface area (Å²) < 4.78 is 15.9. The zero-order chi connectivity index (χ0) is 19.4. The van der Waals surface area contributed by atoms with Crippen LogP contribution in [0.2, 0.25) is 0 Å². The molecule has 1 saturated carbocycles. The fraction of sp³-hybridized carbons (Fsp3) is 0.550. The van der Waals surface area contributed by atoms with Gasteiger partial charge in [-0.15, -0.1) is 34.2 Å². The number of halogens is 2. The summed E-state index contributed by atoms with van der Waals surface area (Å²) in [6.07, 6.45) is 4.78. The van der Waals surface area contributed by atoms with E-state index in [4.69, 9.17) is 4.99 Å². The molecule has 0 aliphatic heterocycles. The zero-order valence-electron chi connectivity index (χ0n) is 17.0. The van der Waals surface area contributed by atoms with Gasteiger partial charge in [-0.3, -0.25) is 0 Å². The molecule has 8 heteroatoms. The molecule has 1 aromatic heterocycles. The first-order valence-electron chi connectivity index (χ1n) is 9.62. The first-order chi connectivity index (χ1) is 12.9. The average Bonchev–Trinajstić information content (AvgIpc) is 3.26. The van der Waals surface area contributed by atoms with Crippen LogP contribution in [0, 0.1) is 19.7 Å². The van der Waals surface area contributed by atoms with E-state index in [1.54, 1.807) is 13.0 Å². The van der Waals surface area contributed by atoms with Gasteiger partial charge in [-0.2, -0.15) is 0 Å². The molecule has 1 atom stereocenters. The van der Waals surface area contributed by atoms with Crippen LogP contribution in [-0.2, 0) is 13.6 Å². The molecule has 1 aliphatic carbocycles. The van der Waals surface area contributed by atoms with Gasteiger partial charge in [0, 0.05) is 13.1 Å². The van der Waals surface area contributed by atoms with Crippen molar-refractivity contribution in [2.24, 2.45) is 12.0 Å². The van der Waals surface area contributed by atoms with E-state index in [-0.39, 0.29) is 35.8 Å². The van der Waals surface area contributed by atoms with Gasteiger partial charge in [0.15, 0.2) is 11.8 Å². The SMILES string of the molecule is Cc1ccc(C(C)NC(=NCc2nnc(C)n2C)NC2CCCC2)cc1F.I. The van der Waals surface area contributed by atoms with Crippen LogP contribution in [0.15, 0.2) is 23.2 Å². The van der Waals surface area contributed by atoms with Crippen LogP contribution in [0.25, 0.3) is 0 Å². The van der Waals surface area contributed by atoms with Gasteiger partial charge in [0.2, 0.25) is 0 Å². The van der Waals surface area contributed by atoms with E-state index in [1.165, 1.54) is 12.8 Å². The fourth-order valence-electron chi connectivity index (χ4n) is 3.30. The highest BCUT2D eigenvalue weighted by atomic mass is 127. The van der Waals surface area contributed by atoms with E-state index < -0.39 is 0 Å². The Labute approximate surface area is 183 Å². The highest BCUT2D eigenvalue weighted by Crippen LogP contribution is 2.19. The first kappa shape index (κ1) is 22.6. The Bertz CT molecular complexity index is 813. The molecule has 0 amide bonds. The second kappa shape index (κ2) is 10.2. The first-order valence-corrected chi connectivity index (χ1v) is 9.62. The maximum atomic E-state index is 13.9. The maximum Gasteiger partial charge on any atom is 0.192 e. The van der Waals surface area contributed by atoms with Gasteiger partial charge in [-0.1, -0.05) is 25.0 Å². The van der Waals surface area contributed by atoms with E-state index >= 15 is 0 Å². The predicted octanol–water partition coefficient (Wildman–Crippen LogP) is 3.93. The minimum absolute atomic E-state index is 0. The van der Waals surface area contributed by atoms with Crippen LogP contribution in [0.3, 0.4) is 0 Å². The van der Waals surface area contributed by atoms with Gasteiger partial charge in [-0.05, 0) is 50.8 Å². The van der Waals surface area contributed by atoms with E-state index in [2.05, 4.69) is 20.8 Å². The van der Waals surface area contributed by atoms with Gasteiger partial charge in [0.1, 0.15) is 18.2 Å². The lowest BCUT2D eigenvalue weighted by Gasteiger charge is -2.22. The Hall–Kier alpha value is -1.71. The Balaban J connectivity index is 0.00000280. The quantitative estimate of drug-likeness (QED) is 0.371. The number of rotatable bonds is 5. The number of nitrogens with one attached hydrogen (secondary N) is 2. The standard InChI is InChI=1S/C20H29FN6.HI/c1-13-9-10-16(11-18(13)21)14(2)23-20(24-17-7-5-6-8-17)22-12-19-26-25-15(3)27(19)4;/h9-11,14,17H,5-8,12H2,1-4H3,(H2,22,23,24);1H. The Morgan fingerprint density at radius 2 is 2.00 bits per heavy atom. The average molecular weight is 500 g/mol. The fourth-order valence-corrected chi connectivity index (χ4v) is 3.30. The van der Waals surface area contributed by atoms with Crippen molar-refractivity contribution in [2.75, 3.05) is 0 Å². The second-order valence-corrected chi connectivity index (χ2v) is 7.39. The molecule has 1 heterocycles. The highest BCUT2D eigenvalue weighted by Gasteiger charge is 2.18. The third-order valence-corrected chi connectivity index (χ3v) is 5.31. The van der Waals surface area contributed by atoms with Gasteiger partial charge >= 0.3 is 0 Å². The number of aliphatic imine (C=N–C) groups is 1. The molecule has 2 N–H and O–H groups in total. The van der Waals surface area contributed by atoms with Gasteiger partial charge in [0.25, 0.3) is 0 Å². The van der Waals surface area contributed by atoms with Crippen molar-refractivity contribution in [2.45, 2.75) is 65.1 Å². The molecule has 0 saturated heterocycles. The van der Waals surface area contributed by atoms with Crippen LogP contribution in [0.5, 0.6) is 0 Å². The molecule has 3 rings (SSSR count). The monoisotopic (exact) mass is 500 g/mol. The normalized spacial score (nSPS) is 16.0. The van der Waals surface area contributed by atoms with Crippen molar-refractivity contribution >= 4 is 29.9 Å². The molecule has 0 spiro atoms. The topological polar surface area (TPSA) is 67.1 Å². The molecule has 1 aliphatic rings. The lowest BCUT2D eigenvalue weighted by Crippen LogP contribution is -2.43. The molecule has 0 bridgehead atoms. The molecule has 1 fully saturated rings. The molecule has 0 radical (unpaired) electrons. The number of guanidine groups is 1. The molecule has 1 aromatic carbocycles. The summed E-state index contributed by atoms with van der Waals surface area (Å²) in [5.74, 6) is 2.23. The summed E-state index contributed by atoms with van der Waals surface area (Å²) in [6.45, 7) is 6.15. The predicted molar refractivity (Wildman–Crippen MR) is 120 cm³/mol. The number of nitrogens with zero attached hydrogens (tertiary/aromatic N) is 4. The number of aromatic nitrogens is 3. The smallest absolute Gasteiger partial charge is 0.192 e. The molecular weight excluding hydrogens is 470 g/mol. The lowest BCUT2D eigenvalue weighted by atomic mass is 10.1. The molecule has 1 unspecified atom stereocenters. The van der Waals surface area contributed by atoms with E-state index in [0.717, 1.165) is 36.0 Å². The Morgan fingerprint density at radius 3 is 2.61 bits per heavy atom. The van der Waals surface area contributed by atoms with Crippen LogP contribution >= 0.6 is 24.0 Å². The van der Waals surface area contributed by atoms with Crippen LogP contribution in [0.1, 0.15) is 61.4 Å². The summed E-state index contributed by atoms with van der Waals surface area (Å²) in [6, 6.07) is 5.72. The lowest BCUT2D eigenvalue weighted by molar-refractivity contribution is 0.586. The van der Waals surface area contributed by atoms with Crippen LogP contribution in [0.4, 0.5) is 4.39 Å². The van der Waals surface area contributed by atoms with Crippen LogP contribution in [-0.4, -0.2) is 26.8 Å². The Morgan fingerprint density at radius 1 is 1.29 bits per heavy atom. The summed E-state index contributed by atoms with van der Waals surface area (Å²) in [7, 11) is 1.94. The minimum atomic E-state index is -0.182. The molecule has 28 heavy (non-hydrogen) atoms. The molecule has 6 nitrogen and oxygen atoms in total. The Kier molecular flexibility index (Phi) is 8.21. The highest BCUT2D eigenvalue weighted by molar-refractivity contribution is 14.0. The van der Waals surface area contributed by atoms with Crippen molar-refractivity contribution in [1.82, 2.24) is 25.4 Å². The molecule has 154 valence electrons. The van der Waals surface area contributed by atoms with E-state index in [1.807, 2.05) is 37.6 Å². The minimum Gasteiger partial charge on any atom is -0.354 e. The number of hydrogen-bond donors (Lipinski definition) is 2. The van der Waals surface area contributed by atoms with Crippen molar-refractivity contribution in [3.63, 3.8) is 0 Å². The number of benzene rings is 1. The molecular formula is C20H30FIN6. The largest absolute Gasteiger partial charge is 0.354 e. The third-order valence-electron chi connectivity index (χ3n) is 5.31. The maximum absolute atomic E-state index is 13.9. The number of aryl methyl sites for hydroxylation is 2. The third kappa shape index (κ3) is 5.65. The summed E-state index contributed by atoms with van der Waals surface area (Å²) in [5, 5.41) is 15.2.